The molecular weight excluding hydrogens is 236 g/mol. The number of aliphatic hydroxyl groups is 1. The van der Waals surface area contributed by atoms with E-state index in [4.69, 9.17) is 0 Å². The van der Waals surface area contributed by atoms with Gasteiger partial charge in [-0.05, 0) is 58.7 Å². The monoisotopic (exact) mass is 270 g/mol. The van der Waals surface area contributed by atoms with Crippen LogP contribution >= 0.6 is 0 Å². The maximum atomic E-state index is 9.59. The van der Waals surface area contributed by atoms with Crippen molar-refractivity contribution in [3.05, 3.63) is 0 Å². The Balaban J connectivity index is 2.40. The normalized spacial score (nSPS) is 23.2. The van der Waals surface area contributed by atoms with E-state index in [2.05, 4.69) is 37.9 Å². The van der Waals surface area contributed by atoms with Crippen molar-refractivity contribution in [3.63, 3.8) is 0 Å². The summed E-state index contributed by atoms with van der Waals surface area (Å²) in [6.07, 6.45) is 6.46. The average molecular weight is 270 g/mol. The van der Waals surface area contributed by atoms with Crippen LogP contribution in [-0.2, 0) is 0 Å². The highest BCUT2D eigenvalue weighted by Crippen LogP contribution is 2.25. The van der Waals surface area contributed by atoms with Crippen LogP contribution in [-0.4, -0.2) is 47.8 Å². The summed E-state index contributed by atoms with van der Waals surface area (Å²) in [6, 6.07) is 0.554. The Morgan fingerprint density at radius 3 is 2.42 bits per heavy atom. The van der Waals surface area contributed by atoms with Gasteiger partial charge in [0.05, 0.1) is 6.61 Å². The fraction of sp³-hybridized carbons (Fsp3) is 1.00. The number of rotatable bonds is 8. The van der Waals surface area contributed by atoms with Gasteiger partial charge < -0.3 is 15.3 Å². The lowest BCUT2D eigenvalue weighted by molar-refractivity contribution is 0.0892. The molecule has 3 heteroatoms. The number of likely N-dealkylation sites (N-methyl/N-ethyl adjacent to an activating group) is 1. The molecule has 1 heterocycles. The summed E-state index contributed by atoms with van der Waals surface area (Å²) < 4.78 is 0. The van der Waals surface area contributed by atoms with Crippen molar-refractivity contribution in [2.75, 3.05) is 26.2 Å². The quantitative estimate of drug-likeness (QED) is 0.712. The molecule has 0 aromatic heterocycles. The standard InChI is InChI=1S/C16H34N2O/c1-5-7-15-8-10-18(11-9-15)14(3)12-16(4,13-19)17-6-2/h14-15,17,19H,5-13H2,1-4H3. The Morgan fingerprint density at radius 1 is 1.32 bits per heavy atom. The highest BCUT2D eigenvalue weighted by molar-refractivity contribution is 4.88. The van der Waals surface area contributed by atoms with Crippen LogP contribution in [0.1, 0.15) is 59.8 Å². The van der Waals surface area contributed by atoms with Gasteiger partial charge in [0.2, 0.25) is 0 Å². The van der Waals surface area contributed by atoms with Gasteiger partial charge in [-0.1, -0.05) is 26.7 Å². The van der Waals surface area contributed by atoms with Crippen molar-refractivity contribution in [2.45, 2.75) is 71.4 Å². The van der Waals surface area contributed by atoms with Gasteiger partial charge in [0.25, 0.3) is 0 Å². The van der Waals surface area contributed by atoms with Gasteiger partial charge in [-0.15, -0.1) is 0 Å². The Labute approximate surface area is 119 Å². The Morgan fingerprint density at radius 2 is 1.95 bits per heavy atom. The lowest BCUT2D eigenvalue weighted by Crippen LogP contribution is -2.51. The zero-order valence-corrected chi connectivity index (χ0v) is 13.4. The van der Waals surface area contributed by atoms with Crippen LogP contribution < -0.4 is 5.32 Å². The first-order valence-electron chi connectivity index (χ1n) is 8.14. The Kier molecular flexibility index (Phi) is 7.33. The summed E-state index contributed by atoms with van der Waals surface area (Å²) in [5.74, 6) is 0.950. The average Bonchev–Trinajstić information content (AvgIpc) is 2.40. The Bertz CT molecular complexity index is 239. The molecule has 19 heavy (non-hydrogen) atoms. The third kappa shape index (κ3) is 5.41. The van der Waals surface area contributed by atoms with E-state index in [0.29, 0.717) is 6.04 Å². The largest absolute Gasteiger partial charge is 0.394 e. The molecule has 0 bridgehead atoms. The number of piperidine rings is 1. The molecule has 114 valence electrons. The van der Waals surface area contributed by atoms with Crippen molar-refractivity contribution in [3.8, 4) is 0 Å². The predicted molar refractivity (Wildman–Crippen MR) is 82.5 cm³/mol. The summed E-state index contributed by atoms with van der Waals surface area (Å²) in [5, 5.41) is 13.0. The first-order valence-corrected chi connectivity index (χ1v) is 8.14. The van der Waals surface area contributed by atoms with Crippen molar-refractivity contribution >= 4 is 0 Å². The number of aliphatic hydroxyl groups excluding tert-OH is 1. The summed E-state index contributed by atoms with van der Waals surface area (Å²) in [7, 11) is 0. The molecule has 1 aliphatic heterocycles. The van der Waals surface area contributed by atoms with Gasteiger partial charge in [0, 0.05) is 11.6 Å². The molecule has 2 unspecified atom stereocenters. The minimum atomic E-state index is -0.131. The molecule has 0 amide bonds. The van der Waals surface area contributed by atoms with Crippen molar-refractivity contribution < 1.29 is 5.11 Å². The van der Waals surface area contributed by atoms with Crippen molar-refractivity contribution in [1.82, 2.24) is 10.2 Å². The molecule has 1 rings (SSSR count). The third-order valence-corrected chi connectivity index (χ3v) is 4.67. The van der Waals surface area contributed by atoms with Gasteiger partial charge >= 0.3 is 0 Å². The van der Waals surface area contributed by atoms with Crippen LogP contribution in [0.5, 0.6) is 0 Å². The zero-order valence-electron chi connectivity index (χ0n) is 13.4. The Hall–Kier alpha value is -0.120. The first kappa shape index (κ1) is 16.9. The van der Waals surface area contributed by atoms with Crippen LogP contribution in [0.15, 0.2) is 0 Å². The SMILES string of the molecule is CCCC1CCN(C(C)CC(C)(CO)NCC)CC1. The lowest BCUT2D eigenvalue weighted by Gasteiger charge is -2.40. The highest BCUT2D eigenvalue weighted by atomic mass is 16.3. The molecule has 0 radical (unpaired) electrons. The van der Waals surface area contributed by atoms with E-state index in [1.54, 1.807) is 0 Å². The van der Waals surface area contributed by atoms with E-state index in [0.717, 1.165) is 18.9 Å². The van der Waals surface area contributed by atoms with Gasteiger partial charge in [-0.3, -0.25) is 0 Å². The van der Waals surface area contributed by atoms with E-state index in [1.165, 1.54) is 38.8 Å². The van der Waals surface area contributed by atoms with Crippen LogP contribution in [0.2, 0.25) is 0 Å². The molecular formula is C16H34N2O. The number of hydrogen-bond acceptors (Lipinski definition) is 3. The maximum Gasteiger partial charge on any atom is 0.0611 e. The van der Waals surface area contributed by atoms with Gasteiger partial charge in [0.1, 0.15) is 0 Å². The summed E-state index contributed by atoms with van der Waals surface area (Å²) >= 11 is 0. The van der Waals surface area contributed by atoms with Crippen LogP contribution in [0.25, 0.3) is 0 Å². The first-order chi connectivity index (χ1) is 9.04. The van der Waals surface area contributed by atoms with Crippen molar-refractivity contribution in [2.24, 2.45) is 5.92 Å². The smallest absolute Gasteiger partial charge is 0.0611 e. The molecule has 0 spiro atoms. The van der Waals surface area contributed by atoms with Crippen LogP contribution in [0.3, 0.4) is 0 Å². The second kappa shape index (κ2) is 8.23. The second-order valence-electron chi connectivity index (χ2n) is 6.57. The predicted octanol–water partition coefficient (Wildman–Crippen LogP) is 2.64. The van der Waals surface area contributed by atoms with Gasteiger partial charge in [0.15, 0.2) is 0 Å². The molecule has 1 saturated heterocycles. The fourth-order valence-electron chi connectivity index (χ4n) is 3.49. The molecule has 0 aliphatic carbocycles. The van der Waals surface area contributed by atoms with Gasteiger partial charge in [-0.25, -0.2) is 0 Å². The minimum Gasteiger partial charge on any atom is -0.394 e. The van der Waals surface area contributed by atoms with E-state index < -0.39 is 0 Å². The zero-order chi connectivity index (χ0) is 14.3. The van der Waals surface area contributed by atoms with Crippen LogP contribution in [0, 0.1) is 5.92 Å². The lowest BCUT2D eigenvalue weighted by atomic mass is 9.89. The summed E-state index contributed by atoms with van der Waals surface area (Å²) in [6.45, 7) is 12.5. The van der Waals surface area contributed by atoms with E-state index in [9.17, 15) is 5.11 Å². The molecule has 1 aliphatic rings. The summed E-state index contributed by atoms with van der Waals surface area (Å²) in [4.78, 5) is 2.61. The molecule has 3 nitrogen and oxygen atoms in total. The second-order valence-corrected chi connectivity index (χ2v) is 6.57. The van der Waals surface area contributed by atoms with Crippen molar-refractivity contribution in [1.29, 1.82) is 0 Å². The molecule has 0 aromatic rings. The molecule has 1 fully saturated rings. The number of hydrogen-bond donors (Lipinski definition) is 2. The minimum absolute atomic E-state index is 0.131. The third-order valence-electron chi connectivity index (χ3n) is 4.67. The maximum absolute atomic E-state index is 9.59. The topological polar surface area (TPSA) is 35.5 Å². The van der Waals surface area contributed by atoms with E-state index >= 15 is 0 Å². The van der Waals surface area contributed by atoms with Gasteiger partial charge in [-0.2, -0.15) is 0 Å². The summed E-state index contributed by atoms with van der Waals surface area (Å²) in [5.41, 5.74) is -0.131. The van der Waals surface area contributed by atoms with Crippen LogP contribution in [0.4, 0.5) is 0 Å². The molecule has 0 saturated carbocycles. The number of nitrogens with one attached hydrogen (secondary N) is 1. The highest BCUT2D eigenvalue weighted by Gasteiger charge is 2.29. The number of likely N-dealkylation sites (tertiary alicyclic amines) is 1. The molecule has 0 aromatic carbocycles. The molecule has 2 atom stereocenters. The fourth-order valence-corrected chi connectivity index (χ4v) is 3.49. The van der Waals surface area contributed by atoms with E-state index in [-0.39, 0.29) is 12.1 Å². The number of nitrogens with zero attached hydrogens (tertiary/aromatic N) is 1. The molecule has 2 N–H and O–H groups in total. The van der Waals surface area contributed by atoms with E-state index in [1.807, 2.05) is 0 Å².